The molecule has 4 N–H and O–H groups in total. The molecule has 0 atom stereocenters. The van der Waals surface area contributed by atoms with Crippen molar-refractivity contribution in [2.75, 3.05) is 14.2 Å². The molecule has 0 aliphatic heterocycles. The first-order valence-electron chi connectivity index (χ1n) is 16.2. The van der Waals surface area contributed by atoms with Crippen molar-refractivity contribution in [1.82, 2.24) is 0 Å². The van der Waals surface area contributed by atoms with Crippen LogP contribution >= 0.6 is 0 Å². The fraction of sp³-hybridized carbons (Fsp3) is 0.308. The number of aryl methyl sites for hydroxylation is 1. The second-order valence-electron chi connectivity index (χ2n) is 10.8. The van der Waals surface area contributed by atoms with Gasteiger partial charge >= 0.3 is 35.8 Å². The van der Waals surface area contributed by atoms with E-state index in [0.717, 1.165) is 43.1 Å². The first-order chi connectivity index (χ1) is 24.8. The van der Waals surface area contributed by atoms with E-state index in [0.29, 0.717) is 36.0 Å². The SMILES string of the molecule is CCCCC(=O)O.COC(=O)c1ccc(/C=C/CCC(=O)O)cc1.COC(=O)c1ccc(C=O)cc1.O=C(O)CCCCc1ccc(C(=O)O)cc1. The molecule has 280 valence electrons. The predicted molar refractivity (Wildman–Crippen MR) is 193 cm³/mol. The summed E-state index contributed by atoms with van der Waals surface area (Å²) in [5.74, 6) is -3.98. The lowest BCUT2D eigenvalue weighted by Crippen LogP contribution is -2.00. The van der Waals surface area contributed by atoms with Gasteiger partial charge in [-0.15, -0.1) is 0 Å². The Balaban J connectivity index is 0.000000695. The predicted octanol–water partition coefficient (Wildman–Crippen LogP) is 7.08. The molecular formula is C39H46O13. The highest BCUT2D eigenvalue weighted by Gasteiger charge is 2.05. The minimum Gasteiger partial charge on any atom is -0.481 e. The van der Waals surface area contributed by atoms with Gasteiger partial charge in [-0.3, -0.25) is 19.2 Å². The number of carbonyl (C=O) groups is 7. The molecule has 0 heterocycles. The maximum atomic E-state index is 11.2. The zero-order chi connectivity index (χ0) is 39.3. The number of aldehydes is 1. The van der Waals surface area contributed by atoms with Crippen LogP contribution in [0.3, 0.4) is 0 Å². The maximum Gasteiger partial charge on any atom is 0.337 e. The molecule has 0 unspecified atom stereocenters. The number of unbranched alkanes of at least 4 members (excludes halogenated alkanes) is 2. The standard InChI is InChI=1S/C13H14O4.C12H14O4.C9H8O3.C5H10O2/c1-17-13(16)11-8-6-10(7-9-11)4-2-3-5-12(14)15;13-11(14)4-2-1-3-9-5-7-10(8-6-9)12(15)16;1-12-9(11)8-4-2-7(6-10)3-5-8;1-2-3-4-5(6)7/h2,4,6-9H,3,5H2,1H3,(H,14,15);5-8H,1-4H2,(H,13,14)(H,15,16);2-6H,1H3;2-4H2,1H3,(H,6,7)/b4-2+;;;. The van der Waals surface area contributed by atoms with Gasteiger partial charge in [0.25, 0.3) is 0 Å². The van der Waals surface area contributed by atoms with Gasteiger partial charge in [-0.05, 0) is 79.6 Å². The number of methoxy groups -OCH3 is 2. The lowest BCUT2D eigenvalue weighted by Gasteiger charge is -2.01. The molecule has 0 saturated carbocycles. The van der Waals surface area contributed by atoms with E-state index >= 15 is 0 Å². The van der Waals surface area contributed by atoms with Gasteiger partial charge in [-0.1, -0.05) is 61.9 Å². The molecule has 0 aliphatic carbocycles. The Morgan fingerprint density at radius 2 is 1.02 bits per heavy atom. The molecule has 3 aromatic rings. The van der Waals surface area contributed by atoms with E-state index in [9.17, 15) is 33.6 Å². The molecular weight excluding hydrogens is 676 g/mol. The normalized spacial score (nSPS) is 9.75. The summed E-state index contributed by atoms with van der Waals surface area (Å²) in [6, 6.07) is 19.8. The smallest absolute Gasteiger partial charge is 0.337 e. The number of carboxylic acid groups (broad SMARTS) is 4. The van der Waals surface area contributed by atoms with E-state index in [2.05, 4.69) is 9.47 Å². The Bertz CT molecular complexity index is 1570. The van der Waals surface area contributed by atoms with Crippen LogP contribution < -0.4 is 0 Å². The topological polar surface area (TPSA) is 219 Å². The summed E-state index contributed by atoms with van der Waals surface area (Å²) in [7, 11) is 2.65. The molecule has 13 nitrogen and oxygen atoms in total. The lowest BCUT2D eigenvalue weighted by atomic mass is 10.1. The van der Waals surface area contributed by atoms with Crippen molar-refractivity contribution in [2.45, 2.75) is 64.7 Å². The molecule has 0 amide bonds. The Kier molecular flexibility index (Phi) is 24.4. The minimum atomic E-state index is -0.933. The van der Waals surface area contributed by atoms with E-state index < -0.39 is 29.8 Å². The number of carbonyl (C=O) groups excluding carboxylic acids is 3. The van der Waals surface area contributed by atoms with Crippen molar-refractivity contribution < 1.29 is 63.5 Å². The molecule has 0 saturated heterocycles. The Labute approximate surface area is 302 Å². The lowest BCUT2D eigenvalue weighted by molar-refractivity contribution is -0.138. The largest absolute Gasteiger partial charge is 0.481 e. The monoisotopic (exact) mass is 722 g/mol. The van der Waals surface area contributed by atoms with Gasteiger partial charge in [-0.25, -0.2) is 14.4 Å². The number of hydrogen-bond acceptors (Lipinski definition) is 9. The highest BCUT2D eigenvalue weighted by atomic mass is 16.5. The Morgan fingerprint density at radius 3 is 1.40 bits per heavy atom. The number of rotatable bonds is 16. The second kappa shape index (κ2) is 27.7. The van der Waals surface area contributed by atoms with Crippen molar-refractivity contribution in [2.24, 2.45) is 0 Å². The van der Waals surface area contributed by atoms with E-state index in [1.807, 2.05) is 13.0 Å². The Hall–Kier alpha value is -6.11. The Morgan fingerprint density at radius 1 is 0.577 bits per heavy atom. The number of esters is 2. The number of carboxylic acids is 4. The number of aliphatic carboxylic acids is 3. The molecule has 0 aromatic heterocycles. The van der Waals surface area contributed by atoms with Crippen LogP contribution in [-0.4, -0.2) is 76.7 Å². The van der Waals surface area contributed by atoms with Crippen LogP contribution in [0, 0.1) is 0 Å². The van der Waals surface area contributed by atoms with Gasteiger partial charge in [0.1, 0.15) is 6.29 Å². The van der Waals surface area contributed by atoms with Gasteiger partial charge in [0.15, 0.2) is 0 Å². The van der Waals surface area contributed by atoms with Gasteiger partial charge in [0.2, 0.25) is 0 Å². The van der Waals surface area contributed by atoms with Crippen molar-refractivity contribution in [3.8, 4) is 0 Å². The third-order valence-electron chi connectivity index (χ3n) is 6.69. The summed E-state index contributed by atoms with van der Waals surface area (Å²) in [5, 5.41) is 33.6. The van der Waals surface area contributed by atoms with Crippen LogP contribution in [0.25, 0.3) is 6.08 Å². The molecule has 0 aliphatic rings. The van der Waals surface area contributed by atoms with Crippen LogP contribution in [-0.2, 0) is 30.3 Å². The molecule has 0 spiro atoms. The van der Waals surface area contributed by atoms with Crippen LogP contribution in [0.2, 0.25) is 0 Å². The van der Waals surface area contributed by atoms with Crippen LogP contribution in [0.1, 0.15) is 111 Å². The van der Waals surface area contributed by atoms with Crippen molar-refractivity contribution in [1.29, 1.82) is 0 Å². The number of benzene rings is 3. The first-order valence-corrected chi connectivity index (χ1v) is 16.2. The molecule has 13 heteroatoms. The zero-order valence-electron chi connectivity index (χ0n) is 29.5. The summed E-state index contributed by atoms with van der Waals surface area (Å²) in [6.45, 7) is 1.98. The van der Waals surface area contributed by atoms with E-state index in [1.54, 1.807) is 78.9 Å². The fourth-order valence-electron chi connectivity index (χ4n) is 3.84. The van der Waals surface area contributed by atoms with Gasteiger partial charge < -0.3 is 29.9 Å². The summed E-state index contributed by atoms with van der Waals surface area (Å²) < 4.78 is 9.06. The highest BCUT2D eigenvalue weighted by Crippen LogP contribution is 2.10. The highest BCUT2D eigenvalue weighted by molar-refractivity contribution is 5.90. The van der Waals surface area contributed by atoms with Crippen molar-refractivity contribution >= 4 is 48.2 Å². The van der Waals surface area contributed by atoms with E-state index in [1.165, 1.54) is 14.2 Å². The average Bonchev–Trinajstić information content (AvgIpc) is 3.14. The van der Waals surface area contributed by atoms with Crippen LogP contribution in [0.15, 0.2) is 78.9 Å². The fourth-order valence-corrected chi connectivity index (χ4v) is 3.84. The molecule has 3 aromatic carbocycles. The molecule has 52 heavy (non-hydrogen) atoms. The first kappa shape index (κ1) is 45.9. The number of aromatic carboxylic acids is 1. The third-order valence-corrected chi connectivity index (χ3v) is 6.69. The van der Waals surface area contributed by atoms with Gasteiger partial charge in [0.05, 0.1) is 30.9 Å². The summed E-state index contributed by atoms with van der Waals surface area (Å²) in [5.41, 5.74) is 3.72. The molecule has 3 rings (SSSR count). The van der Waals surface area contributed by atoms with Gasteiger partial charge in [-0.2, -0.15) is 0 Å². The molecule has 0 radical (unpaired) electrons. The molecule has 0 bridgehead atoms. The maximum absolute atomic E-state index is 11.2. The van der Waals surface area contributed by atoms with Crippen LogP contribution in [0.4, 0.5) is 0 Å². The van der Waals surface area contributed by atoms with Gasteiger partial charge in [0, 0.05) is 24.8 Å². The van der Waals surface area contributed by atoms with Crippen molar-refractivity contribution in [3.05, 3.63) is 112 Å². The number of hydrogen-bond donors (Lipinski definition) is 4. The zero-order valence-corrected chi connectivity index (χ0v) is 29.5. The third kappa shape index (κ3) is 22.5. The summed E-state index contributed by atoms with van der Waals surface area (Å²) >= 11 is 0. The number of allylic oxidation sites excluding steroid dienone is 1. The molecule has 0 fully saturated rings. The van der Waals surface area contributed by atoms with Crippen molar-refractivity contribution in [3.63, 3.8) is 0 Å². The minimum absolute atomic E-state index is 0.122. The van der Waals surface area contributed by atoms with E-state index in [-0.39, 0.29) is 24.4 Å². The summed E-state index contributed by atoms with van der Waals surface area (Å²) in [6.07, 6.45) is 9.46. The second-order valence-corrected chi connectivity index (χ2v) is 10.8. The number of ether oxygens (including phenoxy) is 2. The average molecular weight is 723 g/mol. The summed E-state index contributed by atoms with van der Waals surface area (Å²) in [4.78, 5) is 73.2. The van der Waals surface area contributed by atoms with Crippen LogP contribution in [0.5, 0.6) is 0 Å². The quantitative estimate of drug-likeness (QED) is 0.0660. The van der Waals surface area contributed by atoms with E-state index in [4.69, 9.17) is 20.4 Å².